The quantitative estimate of drug-likeness (QED) is 0.447. The van der Waals surface area contributed by atoms with Crippen molar-refractivity contribution in [2.75, 3.05) is 0 Å². The monoisotopic (exact) mass is 439 g/mol. The third-order valence-electron chi connectivity index (χ3n) is 4.34. The van der Waals surface area contributed by atoms with E-state index in [2.05, 4.69) is 15.5 Å². The summed E-state index contributed by atoms with van der Waals surface area (Å²) in [6.45, 7) is 0.230. The van der Waals surface area contributed by atoms with Crippen LogP contribution < -0.4 is 11.0 Å². The van der Waals surface area contributed by atoms with Crippen LogP contribution in [0.15, 0.2) is 76.6 Å². The normalized spacial score (nSPS) is 11.0. The van der Waals surface area contributed by atoms with E-state index in [1.165, 1.54) is 16.3 Å². The van der Waals surface area contributed by atoms with Crippen LogP contribution in [0.1, 0.15) is 11.1 Å². The number of nitrogens with one attached hydrogen (secondary N) is 1. The third-order valence-corrected chi connectivity index (χ3v) is 5.58. The van der Waals surface area contributed by atoms with Crippen molar-refractivity contribution < 1.29 is 4.79 Å². The third kappa shape index (κ3) is 4.90. The number of amides is 1. The summed E-state index contributed by atoms with van der Waals surface area (Å²) in [4.78, 5) is 24.8. The second-order valence-corrected chi connectivity index (χ2v) is 7.99. The summed E-state index contributed by atoms with van der Waals surface area (Å²) >= 11 is 7.41. The van der Waals surface area contributed by atoms with Crippen molar-refractivity contribution in [3.8, 4) is 0 Å². The molecular weight excluding hydrogens is 422 g/mol. The smallest absolute Gasteiger partial charge is 0.350 e. The van der Waals surface area contributed by atoms with Crippen LogP contribution in [-0.4, -0.2) is 25.3 Å². The molecule has 0 aliphatic carbocycles. The fourth-order valence-electron chi connectivity index (χ4n) is 2.80. The molecule has 0 bridgehead atoms. The van der Waals surface area contributed by atoms with Gasteiger partial charge in [0.1, 0.15) is 11.6 Å². The number of aromatic nitrogens is 4. The van der Waals surface area contributed by atoms with Gasteiger partial charge >= 0.3 is 5.69 Å². The Labute approximate surface area is 181 Å². The molecule has 2 aromatic carbocycles. The Bertz CT molecular complexity index is 1220. The molecule has 30 heavy (non-hydrogen) atoms. The first-order chi connectivity index (χ1) is 14.6. The number of rotatable bonds is 7. The molecule has 7 nitrogen and oxygen atoms in total. The zero-order chi connectivity index (χ0) is 20.9. The fourth-order valence-corrected chi connectivity index (χ4v) is 3.73. The van der Waals surface area contributed by atoms with Crippen molar-refractivity contribution in [3.05, 3.63) is 93.4 Å². The van der Waals surface area contributed by atoms with Gasteiger partial charge in [0.05, 0.1) is 0 Å². The highest BCUT2D eigenvalue weighted by Gasteiger charge is 2.12. The van der Waals surface area contributed by atoms with Gasteiger partial charge in [-0.25, -0.2) is 9.48 Å². The first-order valence-electron chi connectivity index (χ1n) is 9.23. The Morgan fingerprint density at radius 1 is 0.967 bits per heavy atom. The minimum atomic E-state index is -0.450. The van der Waals surface area contributed by atoms with Crippen LogP contribution in [-0.2, 0) is 23.6 Å². The summed E-state index contributed by atoms with van der Waals surface area (Å²) in [7, 11) is 0. The number of benzene rings is 2. The Morgan fingerprint density at radius 2 is 1.73 bits per heavy atom. The van der Waals surface area contributed by atoms with Gasteiger partial charge in [0.15, 0.2) is 5.65 Å². The largest absolute Gasteiger partial charge is 0.367 e. The standard InChI is InChI=1S/C21H18ClN5O2S/c22-17-8-6-16(7-9-17)14-30-20-11-10-18-24-26(21(29)27(18)25-20)13-19(28)23-12-15-4-2-1-3-5-15/h1-11H,12-14H2,(H,23,28). The van der Waals surface area contributed by atoms with Gasteiger partial charge in [0.2, 0.25) is 5.91 Å². The van der Waals surface area contributed by atoms with Crippen LogP contribution in [0.3, 0.4) is 0 Å². The maximum Gasteiger partial charge on any atom is 0.367 e. The van der Waals surface area contributed by atoms with Crippen molar-refractivity contribution in [3.63, 3.8) is 0 Å². The van der Waals surface area contributed by atoms with Gasteiger partial charge < -0.3 is 5.32 Å². The molecule has 0 aliphatic rings. The summed E-state index contributed by atoms with van der Waals surface area (Å²) in [6.07, 6.45) is 0. The van der Waals surface area contributed by atoms with Gasteiger partial charge in [-0.05, 0) is 35.4 Å². The summed E-state index contributed by atoms with van der Waals surface area (Å²) in [5.41, 5.74) is 2.03. The van der Waals surface area contributed by atoms with Crippen molar-refractivity contribution >= 4 is 34.9 Å². The first kappa shape index (κ1) is 20.2. The summed E-state index contributed by atoms with van der Waals surface area (Å²) in [6, 6.07) is 20.7. The van der Waals surface area contributed by atoms with Crippen molar-refractivity contribution in [1.29, 1.82) is 0 Å². The molecule has 0 saturated heterocycles. The number of hydrogen-bond acceptors (Lipinski definition) is 5. The van der Waals surface area contributed by atoms with E-state index in [-0.39, 0.29) is 12.5 Å². The van der Waals surface area contributed by atoms with Gasteiger partial charge in [0, 0.05) is 17.3 Å². The number of hydrogen-bond donors (Lipinski definition) is 1. The Hall–Kier alpha value is -3.10. The van der Waals surface area contributed by atoms with Crippen molar-refractivity contribution in [1.82, 2.24) is 24.7 Å². The molecule has 0 saturated carbocycles. The molecule has 4 rings (SSSR count). The van der Waals surface area contributed by atoms with Crippen LogP contribution in [0.4, 0.5) is 0 Å². The topological polar surface area (TPSA) is 81.3 Å². The molecule has 1 N–H and O–H groups in total. The van der Waals surface area contributed by atoms with Gasteiger partial charge in [-0.15, -0.1) is 5.10 Å². The molecule has 1 amide bonds. The molecule has 0 aliphatic heterocycles. The molecule has 0 spiro atoms. The highest BCUT2D eigenvalue weighted by Crippen LogP contribution is 2.21. The maximum atomic E-state index is 12.6. The number of halogens is 1. The number of carbonyl (C=O) groups is 1. The molecule has 0 fully saturated rings. The molecule has 9 heteroatoms. The lowest BCUT2D eigenvalue weighted by Gasteiger charge is -2.04. The van der Waals surface area contributed by atoms with E-state index in [9.17, 15) is 9.59 Å². The second kappa shape index (κ2) is 9.15. The van der Waals surface area contributed by atoms with Gasteiger partial charge in [-0.3, -0.25) is 4.79 Å². The lowest BCUT2D eigenvalue weighted by Crippen LogP contribution is -2.32. The summed E-state index contributed by atoms with van der Waals surface area (Å²) in [5.74, 6) is 0.405. The molecule has 0 radical (unpaired) electrons. The van der Waals surface area contributed by atoms with Crippen LogP contribution in [0.25, 0.3) is 5.65 Å². The number of thioether (sulfide) groups is 1. The maximum absolute atomic E-state index is 12.6. The predicted octanol–water partition coefficient (Wildman–Crippen LogP) is 3.15. The first-order valence-corrected chi connectivity index (χ1v) is 10.6. The molecular formula is C21H18ClN5O2S. The van der Waals surface area contributed by atoms with Crippen LogP contribution in [0.2, 0.25) is 5.02 Å². The number of fused-ring (bicyclic) bond motifs is 1. The highest BCUT2D eigenvalue weighted by molar-refractivity contribution is 7.98. The van der Waals surface area contributed by atoms with E-state index in [4.69, 9.17) is 11.6 Å². The molecule has 152 valence electrons. The zero-order valence-corrected chi connectivity index (χ0v) is 17.4. The fraction of sp³-hybridized carbons (Fsp3) is 0.143. The van der Waals surface area contributed by atoms with E-state index >= 15 is 0 Å². The molecule has 2 heterocycles. The Morgan fingerprint density at radius 3 is 2.50 bits per heavy atom. The van der Waals surface area contributed by atoms with Crippen LogP contribution in [0.5, 0.6) is 0 Å². The van der Waals surface area contributed by atoms with E-state index < -0.39 is 5.69 Å². The average Bonchev–Trinajstić information content (AvgIpc) is 3.07. The number of nitrogens with zero attached hydrogens (tertiary/aromatic N) is 4. The molecule has 4 aromatic rings. The lowest BCUT2D eigenvalue weighted by atomic mass is 10.2. The summed E-state index contributed by atoms with van der Waals surface area (Å²) < 4.78 is 2.34. The second-order valence-electron chi connectivity index (χ2n) is 6.56. The SMILES string of the molecule is O=C(Cn1nc2ccc(SCc3ccc(Cl)cc3)nn2c1=O)NCc1ccccc1. The van der Waals surface area contributed by atoms with E-state index in [1.807, 2.05) is 60.7 Å². The minimum absolute atomic E-state index is 0.164. The predicted molar refractivity (Wildman–Crippen MR) is 117 cm³/mol. The Balaban J connectivity index is 1.42. The van der Waals surface area contributed by atoms with Crippen LogP contribution in [0, 0.1) is 0 Å². The Kier molecular flexibility index (Phi) is 6.15. The van der Waals surface area contributed by atoms with Crippen LogP contribution >= 0.6 is 23.4 Å². The van der Waals surface area contributed by atoms with E-state index in [0.29, 0.717) is 28.0 Å². The molecule has 2 aromatic heterocycles. The van der Waals surface area contributed by atoms with Crippen molar-refractivity contribution in [2.24, 2.45) is 0 Å². The molecule has 0 atom stereocenters. The minimum Gasteiger partial charge on any atom is -0.350 e. The number of carbonyl (C=O) groups excluding carboxylic acids is 1. The summed E-state index contributed by atoms with van der Waals surface area (Å²) in [5, 5.41) is 12.7. The lowest BCUT2D eigenvalue weighted by molar-refractivity contribution is -0.122. The molecule has 0 unspecified atom stereocenters. The van der Waals surface area contributed by atoms with Crippen molar-refractivity contribution in [2.45, 2.75) is 23.9 Å². The average molecular weight is 440 g/mol. The van der Waals surface area contributed by atoms with Gasteiger partial charge in [0.25, 0.3) is 0 Å². The van der Waals surface area contributed by atoms with Gasteiger partial charge in [-0.2, -0.15) is 9.61 Å². The zero-order valence-electron chi connectivity index (χ0n) is 15.9. The highest BCUT2D eigenvalue weighted by atomic mass is 35.5. The van der Waals surface area contributed by atoms with E-state index in [1.54, 1.807) is 6.07 Å². The van der Waals surface area contributed by atoms with Gasteiger partial charge in [-0.1, -0.05) is 65.8 Å². The van der Waals surface area contributed by atoms with E-state index in [0.717, 1.165) is 15.8 Å².